The van der Waals surface area contributed by atoms with Gasteiger partial charge >= 0.3 is 0 Å². The molecule has 1 aromatic heterocycles. The third kappa shape index (κ3) is 4.59. The quantitative estimate of drug-likeness (QED) is 0.245. The second-order valence-electron chi connectivity index (χ2n) is 11.8. The molecule has 6 nitrogen and oxygen atoms in total. The molecule has 0 radical (unpaired) electrons. The first-order valence-corrected chi connectivity index (χ1v) is 14.7. The number of anilines is 1. The minimum Gasteiger partial charge on any atom is -0.508 e. The first-order chi connectivity index (χ1) is 20.8. The lowest BCUT2D eigenvalue weighted by Crippen LogP contribution is -2.44. The molecular formula is C37H35N5O. The van der Waals surface area contributed by atoms with E-state index in [9.17, 15) is 5.11 Å². The van der Waals surface area contributed by atoms with E-state index in [1.54, 1.807) is 6.07 Å². The van der Waals surface area contributed by atoms with Crippen molar-refractivity contribution in [3.63, 3.8) is 0 Å². The van der Waals surface area contributed by atoms with Crippen LogP contribution in [0.25, 0.3) is 28.8 Å². The fourth-order valence-electron chi connectivity index (χ4n) is 6.33. The molecule has 214 valence electrons. The fraction of sp³-hybridized carbons (Fsp3) is 0.189. The maximum absolute atomic E-state index is 10.4. The lowest BCUT2D eigenvalue weighted by Gasteiger charge is -2.35. The third-order valence-corrected chi connectivity index (χ3v) is 8.88. The Kier molecular flexibility index (Phi) is 6.42. The first kappa shape index (κ1) is 26.8. The molecule has 4 aromatic carbocycles. The smallest absolute Gasteiger partial charge is 0.116 e. The van der Waals surface area contributed by atoms with E-state index in [0.717, 1.165) is 62.5 Å². The Morgan fingerprint density at radius 1 is 0.907 bits per heavy atom. The second-order valence-corrected chi connectivity index (χ2v) is 11.8. The van der Waals surface area contributed by atoms with E-state index in [0.29, 0.717) is 0 Å². The normalized spacial score (nSPS) is 18.1. The van der Waals surface area contributed by atoms with Crippen molar-refractivity contribution in [2.45, 2.75) is 25.3 Å². The highest BCUT2D eigenvalue weighted by molar-refractivity contribution is 5.86. The van der Waals surface area contributed by atoms with E-state index in [1.807, 2.05) is 38.4 Å². The highest BCUT2D eigenvalue weighted by atomic mass is 16.3. The molecule has 2 heterocycles. The molecule has 6 heteroatoms. The van der Waals surface area contributed by atoms with Crippen LogP contribution in [0.3, 0.4) is 0 Å². The summed E-state index contributed by atoms with van der Waals surface area (Å²) in [5, 5.41) is 25.1. The van der Waals surface area contributed by atoms with Crippen LogP contribution in [0.15, 0.2) is 107 Å². The maximum atomic E-state index is 10.4. The first-order valence-electron chi connectivity index (χ1n) is 14.7. The van der Waals surface area contributed by atoms with Crippen LogP contribution in [0, 0.1) is 0 Å². The van der Waals surface area contributed by atoms with Crippen molar-refractivity contribution in [1.29, 1.82) is 0 Å². The van der Waals surface area contributed by atoms with Gasteiger partial charge in [0.15, 0.2) is 0 Å². The van der Waals surface area contributed by atoms with Crippen LogP contribution in [0.1, 0.15) is 35.6 Å². The zero-order chi connectivity index (χ0) is 29.7. The van der Waals surface area contributed by atoms with E-state index in [1.165, 1.54) is 11.1 Å². The van der Waals surface area contributed by atoms with Gasteiger partial charge in [-0.3, -0.25) is 4.68 Å². The number of fused-ring (bicyclic) bond motifs is 4. The largest absolute Gasteiger partial charge is 0.508 e. The molecule has 5 aromatic rings. The molecule has 1 N–H and O–H groups in total. The van der Waals surface area contributed by atoms with Gasteiger partial charge < -0.3 is 15.0 Å². The number of phenolic OH excluding ortho intramolecular Hbond substituents is 1. The Balaban J connectivity index is 1.26. The summed E-state index contributed by atoms with van der Waals surface area (Å²) in [5.74, 6) is 0.261. The van der Waals surface area contributed by atoms with E-state index in [4.69, 9.17) is 0 Å². The van der Waals surface area contributed by atoms with Gasteiger partial charge in [0.05, 0.1) is 27.8 Å². The Hall–Kier alpha value is -5.10. The van der Waals surface area contributed by atoms with Gasteiger partial charge in [-0.05, 0) is 91.1 Å². The maximum Gasteiger partial charge on any atom is 0.116 e. The topological polar surface area (TPSA) is 56.4 Å². The van der Waals surface area contributed by atoms with Crippen LogP contribution in [0.4, 0.5) is 11.4 Å². The summed E-state index contributed by atoms with van der Waals surface area (Å²) < 4.78 is 2.26. The molecule has 1 aliphatic heterocycles. The number of hydrogen-bond donors (Lipinski definition) is 1. The average Bonchev–Trinajstić information content (AvgIpc) is 3.46. The lowest BCUT2D eigenvalue weighted by atomic mass is 9.91. The molecule has 0 amide bonds. The van der Waals surface area contributed by atoms with Crippen molar-refractivity contribution in [3.05, 3.63) is 130 Å². The third-order valence-electron chi connectivity index (χ3n) is 8.88. The summed E-state index contributed by atoms with van der Waals surface area (Å²) in [6, 6.07) is 31.0. The zero-order valence-electron chi connectivity index (χ0n) is 25.0. The number of nitrogens with zero attached hydrogens (tertiary/aromatic N) is 5. The Morgan fingerprint density at radius 2 is 1.67 bits per heavy atom. The van der Waals surface area contributed by atoms with E-state index in [-0.39, 0.29) is 11.3 Å². The molecule has 0 spiro atoms. The van der Waals surface area contributed by atoms with Crippen molar-refractivity contribution in [2.75, 3.05) is 31.1 Å². The van der Waals surface area contributed by atoms with Gasteiger partial charge in [-0.15, -0.1) is 0 Å². The van der Waals surface area contributed by atoms with Gasteiger partial charge in [0.2, 0.25) is 0 Å². The highest BCUT2D eigenvalue weighted by Gasteiger charge is 2.36. The number of aryl methyl sites for hydroxylation is 1. The average molecular weight is 566 g/mol. The van der Waals surface area contributed by atoms with Crippen molar-refractivity contribution in [3.8, 4) is 5.75 Å². The van der Waals surface area contributed by atoms with E-state index >= 15 is 0 Å². The SMILES string of the molecule is CN(C)c1ccc(/C=c2\c3n(c4ccc(O)cc24)N(C)C(C)(c2ccc(N=NC4=CCCc5ccccc54)cc2)C=3)cc1. The van der Waals surface area contributed by atoms with Crippen LogP contribution >= 0.6 is 0 Å². The van der Waals surface area contributed by atoms with Crippen molar-refractivity contribution < 1.29 is 5.11 Å². The number of allylic oxidation sites excluding steroid dienone is 1. The van der Waals surface area contributed by atoms with E-state index in [2.05, 4.69) is 118 Å². The number of benzene rings is 4. The van der Waals surface area contributed by atoms with Crippen molar-refractivity contribution in [2.24, 2.45) is 10.2 Å². The molecule has 43 heavy (non-hydrogen) atoms. The number of azo groups is 1. The second kappa shape index (κ2) is 10.3. The minimum atomic E-state index is -0.390. The predicted octanol–water partition coefficient (Wildman–Crippen LogP) is 6.59. The summed E-state index contributed by atoms with van der Waals surface area (Å²) >= 11 is 0. The monoisotopic (exact) mass is 565 g/mol. The lowest BCUT2D eigenvalue weighted by molar-refractivity contribution is 0.476. The van der Waals surface area contributed by atoms with Crippen LogP contribution in [-0.2, 0) is 12.0 Å². The van der Waals surface area contributed by atoms with Gasteiger partial charge in [-0.25, -0.2) is 0 Å². The molecule has 1 unspecified atom stereocenters. The molecule has 0 saturated carbocycles. The number of hydrogen-bond acceptors (Lipinski definition) is 5. The van der Waals surface area contributed by atoms with Gasteiger partial charge in [0, 0.05) is 43.0 Å². The van der Waals surface area contributed by atoms with Crippen LogP contribution in [0.2, 0.25) is 0 Å². The summed E-state index contributed by atoms with van der Waals surface area (Å²) in [4.78, 5) is 2.10. The number of aromatic nitrogens is 1. The Labute approximate surface area is 251 Å². The summed E-state index contributed by atoms with van der Waals surface area (Å²) in [6.07, 6.45) is 8.75. The molecule has 1 atom stereocenters. The zero-order valence-corrected chi connectivity index (χ0v) is 25.0. The van der Waals surface area contributed by atoms with E-state index < -0.39 is 0 Å². The molecular weight excluding hydrogens is 530 g/mol. The molecule has 0 saturated heterocycles. The number of aromatic hydroxyl groups is 1. The van der Waals surface area contributed by atoms with Crippen molar-refractivity contribution >= 4 is 40.1 Å². The number of rotatable bonds is 5. The summed E-state index contributed by atoms with van der Waals surface area (Å²) in [7, 11) is 6.21. The van der Waals surface area contributed by atoms with Crippen LogP contribution in [0.5, 0.6) is 5.75 Å². The molecule has 1 aliphatic carbocycles. The van der Waals surface area contributed by atoms with Gasteiger partial charge in [0.25, 0.3) is 0 Å². The van der Waals surface area contributed by atoms with Crippen LogP contribution < -0.4 is 20.5 Å². The summed E-state index contributed by atoms with van der Waals surface area (Å²) in [6.45, 7) is 2.24. The standard InChI is InChI=1S/C37H35N5O/c1-37(27-14-16-28(17-15-27)38-39-34-11-7-9-26-8-5-6-10-31(26)34)24-36-32(22-25-12-18-29(19-13-25)40(2)3)33-23-30(43)20-21-35(33)42(36)41(37)4/h5-6,8,10-24,43H,7,9H2,1-4H3/b32-22-,39-38?. The fourth-order valence-corrected chi connectivity index (χ4v) is 6.33. The molecule has 7 rings (SSSR count). The Morgan fingerprint density at radius 3 is 2.44 bits per heavy atom. The summed E-state index contributed by atoms with van der Waals surface area (Å²) in [5.41, 5.74) is 8.36. The Bertz CT molecular complexity index is 2030. The van der Waals surface area contributed by atoms with Gasteiger partial charge in [-0.2, -0.15) is 10.2 Å². The predicted molar refractivity (Wildman–Crippen MR) is 177 cm³/mol. The molecule has 2 aliphatic rings. The minimum absolute atomic E-state index is 0.261. The molecule has 0 bridgehead atoms. The highest BCUT2D eigenvalue weighted by Crippen LogP contribution is 2.34. The van der Waals surface area contributed by atoms with Crippen molar-refractivity contribution in [1.82, 2.24) is 4.68 Å². The molecule has 0 fully saturated rings. The van der Waals surface area contributed by atoms with Gasteiger partial charge in [0.1, 0.15) is 5.75 Å². The van der Waals surface area contributed by atoms with Crippen LogP contribution in [-0.4, -0.2) is 30.9 Å². The van der Waals surface area contributed by atoms with Gasteiger partial charge in [-0.1, -0.05) is 54.6 Å². The number of phenols is 1.